The SMILES string of the molecule is CCOC(=O)[C@H]1[C@@H]2C=C[C@@]3(CN(Cc4ccco4)C(=O)[C@H]13)O2. The molecule has 6 heteroatoms. The van der Waals surface area contributed by atoms with Gasteiger partial charge < -0.3 is 18.8 Å². The zero-order valence-electron chi connectivity index (χ0n) is 12.2. The van der Waals surface area contributed by atoms with Gasteiger partial charge in [0.2, 0.25) is 5.91 Å². The molecule has 3 aliphatic rings. The van der Waals surface area contributed by atoms with E-state index in [-0.39, 0.29) is 18.0 Å². The minimum atomic E-state index is -0.689. The molecule has 1 spiro atoms. The van der Waals surface area contributed by atoms with Crippen molar-refractivity contribution in [1.29, 1.82) is 0 Å². The number of ether oxygens (including phenoxy) is 2. The molecular formula is C16H17NO5. The fraction of sp³-hybridized carbons (Fsp3) is 0.500. The summed E-state index contributed by atoms with van der Waals surface area (Å²) in [6, 6.07) is 3.62. The molecule has 0 aliphatic carbocycles. The monoisotopic (exact) mass is 303 g/mol. The standard InChI is InChI=1S/C16H17NO5/c1-2-20-15(19)12-11-5-6-16(22-11)9-17(14(18)13(12)16)8-10-4-3-7-21-10/h3-7,11-13H,2,8-9H2,1H3/t11-,12-,13-,16-/m0/s1. The quantitative estimate of drug-likeness (QED) is 0.616. The number of hydrogen-bond donors (Lipinski definition) is 0. The first kappa shape index (κ1) is 13.6. The highest BCUT2D eigenvalue weighted by Crippen LogP contribution is 2.52. The van der Waals surface area contributed by atoms with Crippen LogP contribution in [0.5, 0.6) is 0 Å². The summed E-state index contributed by atoms with van der Waals surface area (Å²) in [4.78, 5) is 26.7. The molecule has 3 aliphatic heterocycles. The van der Waals surface area contributed by atoms with Crippen molar-refractivity contribution in [1.82, 2.24) is 4.90 Å². The van der Waals surface area contributed by atoms with Gasteiger partial charge in [-0.25, -0.2) is 0 Å². The lowest BCUT2D eigenvalue weighted by molar-refractivity contribution is -0.153. The smallest absolute Gasteiger partial charge is 0.312 e. The number of hydrogen-bond acceptors (Lipinski definition) is 5. The van der Waals surface area contributed by atoms with Crippen LogP contribution in [0, 0.1) is 11.8 Å². The minimum Gasteiger partial charge on any atom is -0.467 e. The van der Waals surface area contributed by atoms with E-state index in [2.05, 4.69) is 0 Å². The first-order valence-corrected chi connectivity index (χ1v) is 7.49. The van der Waals surface area contributed by atoms with Crippen LogP contribution in [-0.4, -0.2) is 41.6 Å². The first-order valence-electron chi connectivity index (χ1n) is 7.49. The van der Waals surface area contributed by atoms with Gasteiger partial charge in [0.1, 0.15) is 17.3 Å². The van der Waals surface area contributed by atoms with E-state index in [1.165, 1.54) is 0 Å². The lowest BCUT2D eigenvalue weighted by atomic mass is 9.77. The maximum Gasteiger partial charge on any atom is 0.312 e. The van der Waals surface area contributed by atoms with E-state index in [9.17, 15) is 9.59 Å². The Morgan fingerprint density at radius 3 is 3.14 bits per heavy atom. The highest BCUT2D eigenvalue weighted by atomic mass is 16.6. The molecule has 22 heavy (non-hydrogen) atoms. The van der Waals surface area contributed by atoms with Crippen molar-refractivity contribution in [3.63, 3.8) is 0 Å². The molecule has 116 valence electrons. The zero-order valence-corrected chi connectivity index (χ0v) is 12.2. The Balaban J connectivity index is 1.61. The van der Waals surface area contributed by atoms with Crippen molar-refractivity contribution in [2.24, 2.45) is 11.8 Å². The molecule has 2 bridgehead atoms. The van der Waals surface area contributed by atoms with Gasteiger partial charge in [-0.05, 0) is 19.1 Å². The van der Waals surface area contributed by atoms with Gasteiger partial charge in [-0.1, -0.05) is 12.2 Å². The average molecular weight is 303 g/mol. The van der Waals surface area contributed by atoms with E-state index in [0.717, 1.165) is 5.76 Å². The highest BCUT2D eigenvalue weighted by molar-refractivity contribution is 5.91. The molecule has 4 rings (SSSR count). The minimum absolute atomic E-state index is 0.0682. The van der Waals surface area contributed by atoms with Crippen molar-refractivity contribution in [3.8, 4) is 0 Å². The topological polar surface area (TPSA) is 69.0 Å². The number of carbonyl (C=O) groups excluding carboxylic acids is 2. The molecule has 4 atom stereocenters. The van der Waals surface area contributed by atoms with E-state index in [0.29, 0.717) is 19.7 Å². The molecule has 0 radical (unpaired) electrons. The van der Waals surface area contributed by atoms with Crippen molar-refractivity contribution in [2.75, 3.05) is 13.2 Å². The molecule has 4 heterocycles. The van der Waals surface area contributed by atoms with Gasteiger partial charge in [-0.2, -0.15) is 0 Å². The maximum atomic E-state index is 12.8. The molecule has 0 unspecified atom stereocenters. The Kier molecular flexibility index (Phi) is 2.91. The number of rotatable bonds is 4. The van der Waals surface area contributed by atoms with Crippen LogP contribution in [-0.2, 0) is 25.6 Å². The number of amides is 1. The van der Waals surface area contributed by atoms with Crippen molar-refractivity contribution in [2.45, 2.75) is 25.2 Å². The van der Waals surface area contributed by atoms with Crippen LogP contribution in [0.2, 0.25) is 0 Å². The Labute approximate surface area is 127 Å². The third kappa shape index (κ3) is 1.76. The summed E-state index contributed by atoms with van der Waals surface area (Å²) in [6.45, 7) is 2.90. The Morgan fingerprint density at radius 2 is 2.41 bits per heavy atom. The molecule has 6 nitrogen and oxygen atoms in total. The zero-order chi connectivity index (χ0) is 15.3. The number of furan rings is 1. The normalized spacial score (nSPS) is 35.2. The van der Waals surface area contributed by atoms with E-state index in [1.54, 1.807) is 24.2 Å². The molecule has 0 N–H and O–H groups in total. The summed E-state index contributed by atoms with van der Waals surface area (Å²) in [6.07, 6.45) is 5.04. The second-order valence-corrected chi connectivity index (χ2v) is 5.93. The second-order valence-electron chi connectivity index (χ2n) is 5.93. The van der Waals surface area contributed by atoms with Crippen LogP contribution in [0.25, 0.3) is 0 Å². The van der Waals surface area contributed by atoms with Crippen molar-refractivity contribution in [3.05, 3.63) is 36.3 Å². The molecular weight excluding hydrogens is 286 g/mol. The van der Waals surface area contributed by atoms with Gasteiger partial charge in [0.15, 0.2) is 0 Å². The molecule has 0 saturated carbocycles. The summed E-state index contributed by atoms with van der Waals surface area (Å²) in [5.74, 6) is -0.732. The molecule has 1 amide bonds. The number of esters is 1. The van der Waals surface area contributed by atoms with Gasteiger partial charge >= 0.3 is 5.97 Å². The van der Waals surface area contributed by atoms with E-state index in [4.69, 9.17) is 13.9 Å². The van der Waals surface area contributed by atoms with Crippen LogP contribution in [0.15, 0.2) is 35.0 Å². The second kappa shape index (κ2) is 4.71. The maximum absolute atomic E-state index is 12.8. The average Bonchev–Trinajstić information content (AvgIpc) is 3.23. The number of carbonyl (C=O) groups is 2. The predicted octanol–water partition coefficient (Wildman–Crippen LogP) is 1.12. The van der Waals surface area contributed by atoms with Gasteiger partial charge in [0.25, 0.3) is 0 Å². The van der Waals surface area contributed by atoms with Crippen molar-refractivity contribution >= 4 is 11.9 Å². The largest absolute Gasteiger partial charge is 0.467 e. The number of likely N-dealkylation sites (tertiary alicyclic amines) is 1. The Hall–Kier alpha value is -2.08. The van der Waals surface area contributed by atoms with Crippen molar-refractivity contribution < 1.29 is 23.5 Å². The van der Waals surface area contributed by atoms with Crippen LogP contribution in [0.1, 0.15) is 12.7 Å². The molecule has 1 aromatic rings. The summed E-state index contributed by atoms with van der Waals surface area (Å²) in [5.41, 5.74) is -0.689. The van der Waals surface area contributed by atoms with E-state index in [1.807, 2.05) is 18.2 Å². The van der Waals surface area contributed by atoms with E-state index >= 15 is 0 Å². The summed E-state index contributed by atoms with van der Waals surface area (Å²) in [7, 11) is 0. The summed E-state index contributed by atoms with van der Waals surface area (Å²) in [5, 5.41) is 0. The lowest BCUT2D eigenvalue weighted by Gasteiger charge is -2.22. The third-order valence-corrected chi connectivity index (χ3v) is 4.66. The predicted molar refractivity (Wildman–Crippen MR) is 74.5 cm³/mol. The highest BCUT2D eigenvalue weighted by Gasteiger charge is 2.67. The van der Waals surface area contributed by atoms with Gasteiger partial charge in [0.05, 0.1) is 38.0 Å². The third-order valence-electron chi connectivity index (χ3n) is 4.66. The Morgan fingerprint density at radius 1 is 1.55 bits per heavy atom. The fourth-order valence-electron chi connectivity index (χ4n) is 3.81. The van der Waals surface area contributed by atoms with E-state index < -0.39 is 17.4 Å². The lowest BCUT2D eigenvalue weighted by Crippen LogP contribution is -2.39. The summed E-state index contributed by atoms with van der Waals surface area (Å²) < 4.78 is 16.4. The van der Waals surface area contributed by atoms with Gasteiger partial charge in [0, 0.05) is 0 Å². The molecule has 2 fully saturated rings. The summed E-state index contributed by atoms with van der Waals surface area (Å²) >= 11 is 0. The van der Waals surface area contributed by atoms with Gasteiger partial charge in [-0.3, -0.25) is 9.59 Å². The number of fused-ring (bicyclic) bond motifs is 1. The fourth-order valence-corrected chi connectivity index (χ4v) is 3.81. The Bertz CT molecular complexity index is 637. The van der Waals surface area contributed by atoms with Crippen LogP contribution in [0.4, 0.5) is 0 Å². The first-order chi connectivity index (χ1) is 10.6. The molecule has 2 saturated heterocycles. The van der Waals surface area contributed by atoms with Gasteiger partial charge in [-0.15, -0.1) is 0 Å². The van der Waals surface area contributed by atoms with Crippen LogP contribution in [0.3, 0.4) is 0 Å². The molecule has 1 aromatic heterocycles. The number of nitrogens with zero attached hydrogens (tertiary/aromatic N) is 1. The van der Waals surface area contributed by atoms with Crippen LogP contribution < -0.4 is 0 Å². The molecule has 0 aromatic carbocycles. The van der Waals surface area contributed by atoms with Crippen LogP contribution >= 0.6 is 0 Å².